The number of allylic oxidation sites excluding steroid dienone is 1. The van der Waals surface area contributed by atoms with E-state index in [0.717, 1.165) is 24.0 Å². The van der Waals surface area contributed by atoms with Crippen LogP contribution in [0.25, 0.3) is 11.1 Å². The van der Waals surface area contributed by atoms with Crippen LogP contribution in [0.15, 0.2) is 53.9 Å². The number of hydrogen-bond donors (Lipinski definition) is 2. The van der Waals surface area contributed by atoms with Crippen LogP contribution in [0.3, 0.4) is 0 Å². The lowest BCUT2D eigenvalue weighted by Crippen LogP contribution is -2.24. The number of carboxylic acid groups (broad SMARTS) is 1. The average Bonchev–Trinajstić information content (AvgIpc) is 2.69. The number of carboxylic acids is 1. The standard InChI is InChI=1S/C22H23N3O3/c1-3-4-9-21(25-15(2)26)20(22(27)28)12-18-11-10-17(14-24-18)19-8-6-5-7-16(19)13-23/h5-8,10-11,14H,3-4,9,12H2,1-2H3,(H,25,26)(H,27,28). The molecule has 0 aliphatic carbocycles. The van der Waals surface area contributed by atoms with Crippen molar-refractivity contribution in [2.45, 2.75) is 39.5 Å². The van der Waals surface area contributed by atoms with Gasteiger partial charge in [-0.15, -0.1) is 0 Å². The molecule has 0 aliphatic heterocycles. The van der Waals surface area contributed by atoms with E-state index in [-0.39, 0.29) is 17.9 Å². The lowest BCUT2D eigenvalue weighted by atomic mass is 10.00. The Kier molecular flexibility index (Phi) is 7.46. The normalized spacial score (nSPS) is 11.3. The summed E-state index contributed by atoms with van der Waals surface area (Å²) >= 11 is 0. The SMILES string of the molecule is CCCCC(NC(C)=O)=C(Cc1ccc(-c2ccccc2C#N)cn1)C(=O)O. The molecular weight excluding hydrogens is 354 g/mol. The molecule has 6 nitrogen and oxygen atoms in total. The summed E-state index contributed by atoms with van der Waals surface area (Å²) in [5, 5.41) is 21.6. The van der Waals surface area contributed by atoms with Crippen molar-refractivity contribution >= 4 is 11.9 Å². The van der Waals surface area contributed by atoms with Crippen LogP contribution < -0.4 is 5.32 Å². The first kappa shape index (κ1) is 20.8. The third kappa shape index (κ3) is 5.52. The van der Waals surface area contributed by atoms with E-state index in [0.29, 0.717) is 23.4 Å². The van der Waals surface area contributed by atoms with Crippen LogP contribution in [0.4, 0.5) is 0 Å². The lowest BCUT2D eigenvalue weighted by molar-refractivity contribution is -0.132. The van der Waals surface area contributed by atoms with Crippen molar-refractivity contribution in [2.24, 2.45) is 0 Å². The van der Waals surface area contributed by atoms with Gasteiger partial charge in [0.05, 0.1) is 17.2 Å². The lowest BCUT2D eigenvalue weighted by Gasteiger charge is -2.13. The molecule has 6 heteroatoms. The highest BCUT2D eigenvalue weighted by atomic mass is 16.4. The van der Waals surface area contributed by atoms with Crippen molar-refractivity contribution in [1.29, 1.82) is 5.26 Å². The molecule has 1 amide bonds. The molecule has 0 atom stereocenters. The fraction of sp³-hybridized carbons (Fsp3) is 0.273. The van der Waals surface area contributed by atoms with Gasteiger partial charge in [0, 0.05) is 42.1 Å². The zero-order chi connectivity index (χ0) is 20.5. The maximum Gasteiger partial charge on any atom is 0.333 e. The second-order valence-electron chi connectivity index (χ2n) is 6.42. The molecule has 0 radical (unpaired) electrons. The molecule has 28 heavy (non-hydrogen) atoms. The molecule has 0 saturated heterocycles. The number of benzene rings is 1. The Hall–Kier alpha value is -3.46. The first-order valence-corrected chi connectivity index (χ1v) is 9.13. The van der Waals surface area contributed by atoms with Crippen LogP contribution >= 0.6 is 0 Å². The second kappa shape index (κ2) is 10.0. The smallest absolute Gasteiger partial charge is 0.333 e. The largest absolute Gasteiger partial charge is 0.478 e. The summed E-state index contributed by atoms with van der Waals surface area (Å²) in [5.41, 5.74) is 3.27. The Morgan fingerprint density at radius 1 is 1.21 bits per heavy atom. The number of rotatable bonds is 8. The molecule has 144 valence electrons. The van der Waals surface area contributed by atoms with Crippen molar-refractivity contribution in [3.8, 4) is 17.2 Å². The van der Waals surface area contributed by atoms with Gasteiger partial charge in [0.1, 0.15) is 0 Å². The number of carbonyl (C=O) groups is 2. The number of nitrogens with one attached hydrogen (secondary N) is 1. The van der Waals surface area contributed by atoms with Gasteiger partial charge < -0.3 is 10.4 Å². The van der Waals surface area contributed by atoms with Gasteiger partial charge >= 0.3 is 5.97 Å². The molecule has 0 bridgehead atoms. The predicted octanol–water partition coefficient (Wildman–Crippen LogP) is 3.83. The summed E-state index contributed by atoms with van der Waals surface area (Å²) in [7, 11) is 0. The van der Waals surface area contributed by atoms with Crippen molar-refractivity contribution in [3.05, 3.63) is 65.1 Å². The van der Waals surface area contributed by atoms with Crippen LogP contribution in [0.1, 0.15) is 44.4 Å². The molecule has 2 rings (SSSR count). The minimum atomic E-state index is -1.07. The molecule has 0 aliphatic rings. The number of hydrogen-bond acceptors (Lipinski definition) is 4. The van der Waals surface area contributed by atoms with E-state index in [9.17, 15) is 20.0 Å². The number of aromatic nitrogens is 1. The monoisotopic (exact) mass is 377 g/mol. The van der Waals surface area contributed by atoms with Crippen LogP contribution in [-0.4, -0.2) is 22.0 Å². The Bertz CT molecular complexity index is 925. The molecule has 1 aromatic heterocycles. The fourth-order valence-corrected chi connectivity index (χ4v) is 2.87. The summed E-state index contributed by atoms with van der Waals surface area (Å²) in [5.74, 6) is -1.36. The molecular formula is C22H23N3O3. The van der Waals surface area contributed by atoms with E-state index in [1.807, 2.05) is 25.1 Å². The molecule has 0 saturated carbocycles. The third-order valence-corrected chi connectivity index (χ3v) is 4.27. The van der Waals surface area contributed by atoms with Gasteiger partial charge in [-0.25, -0.2) is 4.79 Å². The molecule has 1 heterocycles. The van der Waals surface area contributed by atoms with Crippen molar-refractivity contribution in [2.75, 3.05) is 0 Å². The van der Waals surface area contributed by atoms with Gasteiger partial charge in [-0.2, -0.15) is 5.26 Å². The van der Waals surface area contributed by atoms with Crippen molar-refractivity contribution < 1.29 is 14.7 Å². The summed E-state index contributed by atoms with van der Waals surface area (Å²) < 4.78 is 0. The summed E-state index contributed by atoms with van der Waals surface area (Å²) in [4.78, 5) is 27.6. The molecule has 1 aromatic carbocycles. The van der Waals surface area contributed by atoms with Crippen LogP contribution in [-0.2, 0) is 16.0 Å². The van der Waals surface area contributed by atoms with Crippen molar-refractivity contribution in [3.63, 3.8) is 0 Å². The highest BCUT2D eigenvalue weighted by Gasteiger charge is 2.17. The van der Waals surface area contributed by atoms with Gasteiger partial charge in [0.25, 0.3) is 0 Å². The first-order chi connectivity index (χ1) is 13.5. The van der Waals surface area contributed by atoms with E-state index < -0.39 is 5.97 Å². The number of amides is 1. The van der Waals surface area contributed by atoms with Gasteiger partial charge in [-0.1, -0.05) is 37.6 Å². The maximum atomic E-state index is 11.8. The van der Waals surface area contributed by atoms with E-state index in [1.54, 1.807) is 24.4 Å². The maximum absolute atomic E-state index is 11.8. The summed E-state index contributed by atoms with van der Waals surface area (Å²) in [6, 6.07) is 13.0. The quantitative estimate of drug-likeness (QED) is 0.681. The number of pyridine rings is 1. The van der Waals surface area contributed by atoms with E-state index >= 15 is 0 Å². The minimum absolute atomic E-state index is 0.106. The van der Waals surface area contributed by atoms with Crippen molar-refractivity contribution in [1.82, 2.24) is 10.3 Å². The van der Waals surface area contributed by atoms with Crippen LogP contribution in [0, 0.1) is 11.3 Å². The highest BCUT2D eigenvalue weighted by molar-refractivity contribution is 5.89. The second-order valence-corrected chi connectivity index (χ2v) is 6.42. The van der Waals surface area contributed by atoms with Gasteiger partial charge in [0.2, 0.25) is 5.91 Å². The van der Waals surface area contributed by atoms with E-state index in [1.165, 1.54) is 6.92 Å². The zero-order valence-electron chi connectivity index (χ0n) is 16.0. The van der Waals surface area contributed by atoms with Crippen LogP contribution in [0.2, 0.25) is 0 Å². The van der Waals surface area contributed by atoms with Gasteiger partial charge in [-0.05, 0) is 25.0 Å². The topological polar surface area (TPSA) is 103 Å². The summed E-state index contributed by atoms with van der Waals surface area (Å²) in [6.07, 6.45) is 3.90. The predicted molar refractivity (Wildman–Crippen MR) is 106 cm³/mol. The highest BCUT2D eigenvalue weighted by Crippen LogP contribution is 2.23. The Morgan fingerprint density at radius 3 is 2.54 bits per heavy atom. The average molecular weight is 377 g/mol. The number of aliphatic carboxylic acids is 1. The minimum Gasteiger partial charge on any atom is -0.478 e. The number of nitrogens with zero attached hydrogens (tertiary/aromatic N) is 2. The molecule has 2 N–H and O–H groups in total. The zero-order valence-corrected chi connectivity index (χ0v) is 16.0. The Balaban J connectivity index is 2.33. The van der Waals surface area contributed by atoms with Gasteiger partial charge in [-0.3, -0.25) is 9.78 Å². The molecule has 0 unspecified atom stereocenters. The number of carbonyl (C=O) groups excluding carboxylic acids is 1. The van der Waals surface area contributed by atoms with Crippen LogP contribution in [0.5, 0.6) is 0 Å². The summed E-state index contributed by atoms with van der Waals surface area (Å²) in [6.45, 7) is 3.37. The van der Waals surface area contributed by atoms with Gasteiger partial charge in [0.15, 0.2) is 0 Å². The molecule has 0 spiro atoms. The van der Waals surface area contributed by atoms with E-state index in [2.05, 4.69) is 16.4 Å². The Labute approximate surface area is 164 Å². The Morgan fingerprint density at radius 2 is 1.96 bits per heavy atom. The van der Waals surface area contributed by atoms with E-state index in [4.69, 9.17) is 0 Å². The number of unbranched alkanes of at least 4 members (excludes halogenated alkanes) is 1. The first-order valence-electron chi connectivity index (χ1n) is 9.13. The molecule has 2 aromatic rings. The number of nitriles is 1. The third-order valence-electron chi connectivity index (χ3n) is 4.27. The fourth-order valence-electron chi connectivity index (χ4n) is 2.87. The molecule has 0 fully saturated rings.